The van der Waals surface area contributed by atoms with Crippen LogP contribution in [-0.2, 0) is 6.42 Å². The van der Waals surface area contributed by atoms with Crippen molar-refractivity contribution in [1.82, 2.24) is 10.3 Å². The normalized spacial score (nSPS) is 12.1. The van der Waals surface area contributed by atoms with Gasteiger partial charge < -0.3 is 11.1 Å². The Kier molecular flexibility index (Phi) is 8.65. The molecule has 1 heterocycles. The van der Waals surface area contributed by atoms with Crippen LogP contribution in [0.1, 0.15) is 18.5 Å². The molecule has 0 aromatic carbocycles. The second-order valence-corrected chi connectivity index (χ2v) is 6.76. The number of anilines is 1. The Hall–Kier alpha value is -2.02. The Labute approximate surface area is 156 Å². The van der Waals surface area contributed by atoms with E-state index in [1.165, 1.54) is 11.8 Å². The van der Waals surface area contributed by atoms with Crippen molar-refractivity contribution in [3.05, 3.63) is 32.4 Å². The van der Waals surface area contributed by atoms with Gasteiger partial charge in [-0.25, -0.2) is 4.98 Å². The summed E-state index contributed by atoms with van der Waals surface area (Å²) >= 11 is 2.23. The molecule has 0 saturated heterocycles. The number of nitro groups is 1. The largest absolute Gasteiger partial charge is 0.406 e. The highest BCUT2D eigenvalue weighted by Gasteiger charge is 2.33. The lowest BCUT2D eigenvalue weighted by molar-refractivity contribution is -0.403. The molecule has 8 nitrogen and oxygen atoms in total. The monoisotopic (exact) mass is 412 g/mol. The first kappa shape index (κ1) is 22.0. The van der Waals surface area contributed by atoms with Crippen molar-refractivity contribution in [2.24, 2.45) is 5.73 Å². The minimum atomic E-state index is -4.49. The fourth-order valence-corrected chi connectivity index (χ4v) is 3.19. The molecule has 0 aliphatic heterocycles. The third-order valence-corrected chi connectivity index (χ3v) is 4.60. The predicted molar refractivity (Wildman–Crippen MR) is 97.0 cm³/mol. The van der Waals surface area contributed by atoms with E-state index in [1.54, 1.807) is 11.6 Å². The summed E-state index contributed by atoms with van der Waals surface area (Å²) in [6.07, 6.45) is 0.0886. The molecule has 0 radical (unpaired) electrons. The summed E-state index contributed by atoms with van der Waals surface area (Å²) in [5, 5.41) is 22.7. The number of thiazole rings is 1. The van der Waals surface area contributed by atoms with Crippen LogP contribution in [0.2, 0.25) is 0 Å². The number of alkyl halides is 3. The number of aryl methyl sites for hydroxylation is 1. The second kappa shape index (κ2) is 10.2. The first-order chi connectivity index (χ1) is 12.1. The van der Waals surface area contributed by atoms with Gasteiger partial charge in [-0.2, -0.15) is 13.2 Å². The molecule has 0 unspecified atom stereocenters. The Morgan fingerprint density at radius 3 is 2.81 bits per heavy atom. The third-order valence-electron chi connectivity index (χ3n) is 3.00. The topological polar surface area (TPSA) is 121 Å². The average Bonchev–Trinajstić information content (AvgIpc) is 2.98. The van der Waals surface area contributed by atoms with Gasteiger partial charge in [0.1, 0.15) is 11.6 Å². The highest BCUT2D eigenvalue weighted by Crippen LogP contribution is 2.25. The summed E-state index contributed by atoms with van der Waals surface area (Å²) in [5.74, 6) is -0.713. The summed E-state index contributed by atoms with van der Waals surface area (Å²) in [7, 11) is 0. The number of hydrogen-bond acceptors (Lipinski definition) is 7. The van der Waals surface area contributed by atoms with E-state index in [0.29, 0.717) is 41.4 Å². The maximum Gasteiger partial charge on any atom is 0.406 e. The molecule has 146 valence electrons. The van der Waals surface area contributed by atoms with Crippen LogP contribution in [0.3, 0.4) is 0 Å². The minimum absolute atomic E-state index is 0.0292. The van der Waals surface area contributed by atoms with E-state index in [0.717, 1.165) is 17.5 Å². The van der Waals surface area contributed by atoms with Gasteiger partial charge in [-0.15, -0.1) is 23.1 Å². The van der Waals surface area contributed by atoms with Crippen LogP contribution in [0, 0.1) is 15.5 Å². The molecular formula is C13H19F3N6O2S2. The molecule has 4 N–H and O–H groups in total. The molecule has 0 bridgehead atoms. The number of nitrogens with one attached hydrogen (secondary N) is 2. The number of guanidine groups is 1. The van der Waals surface area contributed by atoms with Crippen LogP contribution in [0.15, 0.2) is 16.6 Å². The Morgan fingerprint density at radius 1 is 1.58 bits per heavy atom. The molecule has 0 aliphatic carbocycles. The van der Waals surface area contributed by atoms with Crippen LogP contribution in [-0.4, -0.2) is 41.4 Å². The molecule has 0 fully saturated rings. The van der Waals surface area contributed by atoms with Gasteiger partial charge >= 0.3 is 6.18 Å². The second-order valence-electron chi connectivity index (χ2n) is 5.07. The summed E-state index contributed by atoms with van der Waals surface area (Å²) in [6.45, 7) is -0.829. The predicted octanol–water partition coefficient (Wildman–Crippen LogP) is 2.76. The molecule has 0 spiro atoms. The molecule has 0 aliphatic rings. The van der Waals surface area contributed by atoms with Crippen molar-refractivity contribution in [2.75, 3.05) is 24.2 Å². The number of aromatic nitrogens is 1. The Morgan fingerprint density at radius 2 is 2.27 bits per heavy atom. The lowest BCUT2D eigenvalue weighted by atomic mass is 10.2. The quantitative estimate of drug-likeness (QED) is 0.178. The zero-order valence-electron chi connectivity index (χ0n) is 13.9. The van der Waals surface area contributed by atoms with E-state index < -0.39 is 23.6 Å². The van der Waals surface area contributed by atoms with E-state index in [-0.39, 0.29) is 5.13 Å². The van der Waals surface area contributed by atoms with E-state index >= 15 is 0 Å². The molecule has 0 amide bonds. The number of halogens is 3. The lowest BCUT2D eigenvalue weighted by Gasteiger charge is -2.20. The van der Waals surface area contributed by atoms with Crippen molar-refractivity contribution in [2.45, 2.75) is 25.4 Å². The van der Waals surface area contributed by atoms with E-state index in [9.17, 15) is 23.3 Å². The van der Waals surface area contributed by atoms with Gasteiger partial charge in [0.05, 0.1) is 10.6 Å². The van der Waals surface area contributed by atoms with Gasteiger partial charge in [-0.05, 0) is 25.5 Å². The summed E-state index contributed by atoms with van der Waals surface area (Å²) < 4.78 is 37.6. The molecule has 1 rings (SSSR count). The molecule has 26 heavy (non-hydrogen) atoms. The number of thioether (sulfide) groups is 1. The van der Waals surface area contributed by atoms with Crippen LogP contribution in [0.4, 0.5) is 18.3 Å². The highest BCUT2D eigenvalue weighted by atomic mass is 32.2. The molecular weight excluding hydrogens is 393 g/mol. The fraction of sp³-hybridized carbons (Fsp3) is 0.538. The zero-order chi connectivity index (χ0) is 19.7. The molecule has 1 aromatic rings. The van der Waals surface area contributed by atoms with Crippen LogP contribution < -0.4 is 16.0 Å². The number of unbranched alkanes of at least 4 members (excludes halogenated alkanes) is 1. The summed E-state index contributed by atoms with van der Waals surface area (Å²) in [6, 6.07) is 0. The number of rotatable bonds is 10. The average molecular weight is 412 g/mol. The minimum Gasteiger partial charge on any atom is -0.375 e. The molecule has 0 saturated carbocycles. The van der Waals surface area contributed by atoms with Gasteiger partial charge in [-0.3, -0.25) is 20.4 Å². The summed E-state index contributed by atoms with van der Waals surface area (Å²) in [5.41, 5.74) is 5.83. The van der Waals surface area contributed by atoms with Gasteiger partial charge in [0, 0.05) is 11.9 Å². The van der Waals surface area contributed by atoms with E-state index in [2.05, 4.69) is 10.3 Å². The Bertz CT molecular complexity index is 650. The van der Waals surface area contributed by atoms with Crippen molar-refractivity contribution in [3.8, 4) is 0 Å². The van der Waals surface area contributed by atoms with Gasteiger partial charge in [0.25, 0.3) is 6.20 Å². The van der Waals surface area contributed by atoms with Gasteiger partial charge in [0.2, 0.25) is 0 Å². The van der Waals surface area contributed by atoms with E-state index in [1.807, 2.05) is 0 Å². The number of nitrogens with zero attached hydrogens (tertiary/aromatic N) is 3. The van der Waals surface area contributed by atoms with Crippen LogP contribution in [0.25, 0.3) is 0 Å². The Balaban J connectivity index is 2.48. The van der Waals surface area contributed by atoms with Crippen molar-refractivity contribution in [3.63, 3.8) is 0 Å². The first-order valence-electron chi connectivity index (χ1n) is 7.38. The molecule has 0 atom stereocenters. The number of nitrogens with two attached hydrogens (primary N) is 1. The molecule has 13 heteroatoms. The van der Waals surface area contributed by atoms with Crippen molar-refractivity contribution in [1.29, 1.82) is 5.41 Å². The van der Waals surface area contributed by atoms with Crippen LogP contribution >= 0.6 is 23.1 Å². The van der Waals surface area contributed by atoms with Gasteiger partial charge in [0.15, 0.2) is 11.1 Å². The number of hydrogen-bond donors (Lipinski definition) is 3. The standard InChI is InChI=1S/C13H19F3N6O2S2/c1-25-10(6-22(23)24)19-5-3-2-4-9-7-26-12(20-9)21(11(17)18)8-13(14,15)16/h6-7,19H,2-5,8H2,1H3,(H3,17,18). The zero-order valence-corrected chi connectivity index (χ0v) is 15.5. The maximum atomic E-state index is 12.5. The van der Waals surface area contributed by atoms with Crippen molar-refractivity contribution >= 4 is 34.2 Å². The summed E-state index contributed by atoms with van der Waals surface area (Å²) in [4.78, 5) is 14.6. The first-order valence-corrected chi connectivity index (χ1v) is 9.48. The van der Waals surface area contributed by atoms with Crippen molar-refractivity contribution < 1.29 is 18.1 Å². The van der Waals surface area contributed by atoms with Gasteiger partial charge in [-0.1, -0.05) is 0 Å². The SMILES string of the molecule is CSC(=C[N+](=O)[O-])NCCCCc1csc(N(CC(F)(F)F)C(=N)N)n1. The maximum absolute atomic E-state index is 12.5. The molecule has 1 aromatic heterocycles. The highest BCUT2D eigenvalue weighted by molar-refractivity contribution is 8.02. The smallest absolute Gasteiger partial charge is 0.375 e. The lowest BCUT2D eigenvalue weighted by Crippen LogP contribution is -2.42. The fourth-order valence-electron chi connectivity index (χ4n) is 1.88. The van der Waals surface area contributed by atoms with E-state index in [4.69, 9.17) is 11.1 Å². The third kappa shape index (κ3) is 8.38. The van der Waals surface area contributed by atoms with Crippen LogP contribution in [0.5, 0.6) is 0 Å².